The van der Waals surface area contributed by atoms with Gasteiger partial charge >= 0.3 is 0 Å². The molecule has 1 aromatic rings. The van der Waals surface area contributed by atoms with Crippen molar-refractivity contribution >= 4 is 11.3 Å². The van der Waals surface area contributed by atoms with Gasteiger partial charge in [0.2, 0.25) is 0 Å². The second kappa shape index (κ2) is 7.77. The Kier molecular flexibility index (Phi) is 6.66. The first-order valence-corrected chi connectivity index (χ1v) is 7.54. The molecule has 1 heterocycles. The molecule has 1 unspecified atom stereocenters. The largest absolute Gasteiger partial charge is 0.308 e. The summed E-state index contributed by atoms with van der Waals surface area (Å²) >= 11 is 1.77. The maximum atomic E-state index is 4.35. The van der Waals surface area contributed by atoms with Gasteiger partial charge in [-0.2, -0.15) is 0 Å². The number of nitrogens with one attached hydrogen (secondary N) is 1. The lowest BCUT2D eigenvalue weighted by Crippen LogP contribution is -2.21. The Morgan fingerprint density at radius 2 is 2.00 bits per heavy atom. The van der Waals surface area contributed by atoms with Gasteiger partial charge in [-0.25, -0.2) is 0 Å². The highest BCUT2D eigenvalue weighted by molar-refractivity contribution is 7.11. The van der Waals surface area contributed by atoms with Crippen LogP contribution in [0.2, 0.25) is 0 Å². The lowest BCUT2D eigenvalue weighted by Gasteiger charge is -2.09. The topological polar surface area (TPSA) is 37.8 Å². The van der Waals surface area contributed by atoms with E-state index < -0.39 is 0 Å². The van der Waals surface area contributed by atoms with E-state index in [4.69, 9.17) is 0 Å². The van der Waals surface area contributed by atoms with Gasteiger partial charge in [0, 0.05) is 18.5 Å². The van der Waals surface area contributed by atoms with Crippen LogP contribution in [0.1, 0.15) is 69.3 Å². The smallest absolute Gasteiger partial charge is 0.131 e. The molecule has 0 fully saturated rings. The van der Waals surface area contributed by atoms with Crippen LogP contribution in [0.25, 0.3) is 0 Å². The van der Waals surface area contributed by atoms with E-state index in [0.29, 0.717) is 12.0 Å². The van der Waals surface area contributed by atoms with Crippen molar-refractivity contribution in [2.75, 3.05) is 0 Å². The van der Waals surface area contributed by atoms with Crippen LogP contribution in [0.5, 0.6) is 0 Å². The van der Waals surface area contributed by atoms with Crippen LogP contribution >= 0.6 is 11.3 Å². The molecule has 1 aromatic heterocycles. The minimum atomic E-state index is 0.504. The van der Waals surface area contributed by atoms with Crippen molar-refractivity contribution in [1.29, 1.82) is 0 Å². The van der Waals surface area contributed by atoms with Crippen LogP contribution in [0.3, 0.4) is 0 Å². The van der Waals surface area contributed by atoms with Crippen molar-refractivity contribution in [3.63, 3.8) is 0 Å². The van der Waals surface area contributed by atoms with Gasteiger partial charge < -0.3 is 5.32 Å². The Hall–Kier alpha value is -0.480. The highest BCUT2D eigenvalue weighted by Crippen LogP contribution is 2.27. The van der Waals surface area contributed by atoms with Gasteiger partial charge in [0.1, 0.15) is 10.0 Å². The predicted octanol–water partition coefficient (Wildman–Crippen LogP) is 3.72. The molecule has 98 valence electrons. The van der Waals surface area contributed by atoms with Gasteiger partial charge in [-0.15, -0.1) is 10.2 Å². The number of hydrogen-bond acceptors (Lipinski definition) is 4. The predicted molar refractivity (Wildman–Crippen MR) is 74.4 cm³/mol. The second-order valence-electron chi connectivity index (χ2n) is 4.82. The van der Waals surface area contributed by atoms with Gasteiger partial charge in [-0.05, 0) is 12.8 Å². The summed E-state index contributed by atoms with van der Waals surface area (Å²) < 4.78 is 0. The van der Waals surface area contributed by atoms with Gasteiger partial charge in [0.25, 0.3) is 0 Å². The second-order valence-corrected chi connectivity index (χ2v) is 5.91. The highest BCUT2D eigenvalue weighted by atomic mass is 32.1. The number of rotatable bonds is 8. The quantitative estimate of drug-likeness (QED) is 0.769. The third-order valence-corrected chi connectivity index (χ3v) is 3.98. The Balaban J connectivity index is 2.52. The zero-order chi connectivity index (χ0) is 12.7. The molecule has 1 rings (SSSR count). The van der Waals surface area contributed by atoms with E-state index in [-0.39, 0.29) is 0 Å². The van der Waals surface area contributed by atoms with E-state index in [1.807, 2.05) is 0 Å². The fraction of sp³-hybridized carbons (Fsp3) is 0.846. The first-order valence-electron chi connectivity index (χ1n) is 6.73. The molecule has 4 heteroatoms. The zero-order valence-corrected chi connectivity index (χ0v) is 12.3. The Morgan fingerprint density at radius 3 is 2.59 bits per heavy atom. The molecule has 0 aliphatic heterocycles. The van der Waals surface area contributed by atoms with Crippen LogP contribution in [-0.2, 0) is 6.54 Å². The zero-order valence-electron chi connectivity index (χ0n) is 11.5. The molecule has 0 aliphatic rings. The molecule has 1 N–H and O–H groups in total. The van der Waals surface area contributed by atoms with Crippen LogP contribution in [0.15, 0.2) is 0 Å². The van der Waals surface area contributed by atoms with Crippen LogP contribution < -0.4 is 5.32 Å². The van der Waals surface area contributed by atoms with Gasteiger partial charge in [0.15, 0.2) is 0 Å². The van der Waals surface area contributed by atoms with E-state index in [2.05, 4.69) is 43.2 Å². The van der Waals surface area contributed by atoms with E-state index in [1.165, 1.54) is 30.7 Å². The van der Waals surface area contributed by atoms with Crippen molar-refractivity contribution in [1.82, 2.24) is 15.5 Å². The van der Waals surface area contributed by atoms with E-state index in [9.17, 15) is 0 Å². The Bertz CT molecular complexity index is 309. The summed E-state index contributed by atoms with van der Waals surface area (Å²) in [4.78, 5) is 0. The third kappa shape index (κ3) is 5.13. The fourth-order valence-electron chi connectivity index (χ4n) is 1.75. The van der Waals surface area contributed by atoms with Gasteiger partial charge in [-0.1, -0.05) is 51.9 Å². The monoisotopic (exact) mass is 255 g/mol. The molecule has 0 amide bonds. The first-order chi connectivity index (χ1) is 8.17. The highest BCUT2D eigenvalue weighted by Gasteiger charge is 2.14. The van der Waals surface area contributed by atoms with E-state index in [1.54, 1.807) is 11.3 Å². The molecule has 3 nitrogen and oxygen atoms in total. The van der Waals surface area contributed by atoms with Crippen molar-refractivity contribution in [3.8, 4) is 0 Å². The number of hydrogen-bond donors (Lipinski definition) is 1. The molecular formula is C13H25N3S. The molecule has 17 heavy (non-hydrogen) atoms. The SMILES string of the molecule is CCCCC(CC)c1nnc(CNC(C)C)s1. The van der Waals surface area contributed by atoms with Crippen molar-refractivity contribution in [2.24, 2.45) is 0 Å². The van der Waals surface area contributed by atoms with Crippen LogP contribution in [0, 0.1) is 0 Å². The standard InChI is InChI=1S/C13H25N3S/c1-5-7-8-11(6-2)13-16-15-12(17-13)9-14-10(3)4/h10-11,14H,5-9H2,1-4H3. The molecule has 0 saturated heterocycles. The average molecular weight is 255 g/mol. The van der Waals surface area contributed by atoms with Crippen molar-refractivity contribution < 1.29 is 0 Å². The summed E-state index contributed by atoms with van der Waals surface area (Å²) in [7, 11) is 0. The molecule has 1 atom stereocenters. The Morgan fingerprint density at radius 1 is 1.24 bits per heavy atom. The first kappa shape index (κ1) is 14.6. The molecular weight excluding hydrogens is 230 g/mol. The lowest BCUT2D eigenvalue weighted by atomic mass is 10.0. The summed E-state index contributed by atoms with van der Waals surface area (Å²) in [6, 6.07) is 0.504. The number of unbranched alkanes of at least 4 members (excludes halogenated alkanes) is 1. The molecule has 0 radical (unpaired) electrons. The summed E-state index contributed by atoms with van der Waals surface area (Å²) in [5, 5.41) is 14.3. The normalized spacial score (nSPS) is 13.2. The summed E-state index contributed by atoms with van der Waals surface area (Å²) in [5.41, 5.74) is 0. The maximum Gasteiger partial charge on any atom is 0.131 e. The summed E-state index contributed by atoms with van der Waals surface area (Å²) in [6.07, 6.45) is 4.97. The minimum absolute atomic E-state index is 0.504. The molecule has 0 saturated carbocycles. The molecule has 0 aromatic carbocycles. The number of aromatic nitrogens is 2. The van der Waals surface area contributed by atoms with Gasteiger partial charge in [0.05, 0.1) is 0 Å². The molecule has 0 spiro atoms. The van der Waals surface area contributed by atoms with Crippen molar-refractivity contribution in [2.45, 2.75) is 71.9 Å². The fourth-order valence-corrected chi connectivity index (χ4v) is 2.76. The molecule has 0 bridgehead atoms. The van der Waals surface area contributed by atoms with Crippen LogP contribution in [-0.4, -0.2) is 16.2 Å². The average Bonchev–Trinajstić information content (AvgIpc) is 2.76. The number of nitrogens with zero attached hydrogens (tertiary/aromatic N) is 2. The minimum Gasteiger partial charge on any atom is -0.308 e. The third-order valence-electron chi connectivity index (χ3n) is 2.89. The van der Waals surface area contributed by atoms with Crippen molar-refractivity contribution in [3.05, 3.63) is 10.0 Å². The summed E-state index contributed by atoms with van der Waals surface area (Å²) in [5.74, 6) is 0.611. The lowest BCUT2D eigenvalue weighted by molar-refractivity contribution is 0.561. The van der Waals surface area contributed by atoms with E-state index in [0.717, 1.165) is 11.6 Å². The van der Waals surface area contributed by atoms with Crippen LogP contribution in [0.4, 0.5) is 0 Å². The maximum absolute atomic E-state index is 4.35. The molecule has 0 aliphatic carbocycles. The van der Waals surface area contributed by atoms with Gasteiger partial charge in [-0.3, -0.25) is 0 Å². The Labute approximate surface area is 109 Å². The van der Waals surface area contributed by atoms with E-state index >= 15 is 0 Å². The summed E-state index contributed by atoms with van der Waals surface area (Å²) in [6.45, 7) is 9.63.